The first-order chi connectivity index (χ1) is 9.99. The number of aliphatic hydroxyl groups excluding tert-OH is 1. The first-order valence-corrected chi connectivity index (χ1v) is 8.05. The Hall–Kier alpha value is -1.07. The van der Waals surface area contributed by atoms with Crippen LogP contribution in [0.25, 0.3) is 0 Å². The highest BCUT2D eigenvalue weighted by atomic mass is 35.5. The molecule has 0 saturated heterocycles. The summed E-state index contributed by atoms with van der Waals surface area (Å²) in [4.78, 5) is 12.5. The molecule has 0 aliphatic carbocycles. The minimum Gasteiger partial charge on any atom is -0.392 e. The molecule has 1 rings (SSSR count). The SMILES string of the molecule is CC(C)c1nn(C)c(Cl)c1C(=O)NCC(C)(C)C(O)C(C)C. The molecule has 0 aromatic carbocycles. The fourth-order valence-electron chi connectivity index (χ4n) is 2.54. The van der Waals surface area contributed by atoms with Gasteiger partial charge < -0.3 is 10.4 Å². The molecule has 126 valence electrons. The molecule has 0 aliphatic heterocycles. The lowest BCUT2D eigenvalue weighted by atomic mass is 9.80. The standard InChI is InChI=1S/C16H28ClN3O2/c1-9(2)12-11(14(17)20(7)19-12)15(22)18-8-16(5,6)13(21)10(3)4/h9-10,13,21H,8H2,1-7H3,(H,18,22). The lowest BCUT2D eigenvalue weighted by molar-refractivity contribution is 0.0138. The number of amides is 1. The summed E-state index contributed by atoms with van der Waals surface area (Å²) in [7, 11) is 1.72. The summed E-state index contributed by atoms with van der Waals surface area (Å²) >= 11 is 6.21. The van der Waals surface area contributed by atoms with Crippen molar-refractivity contribution in [3.8, 4) is 0 Å². The van der Waals surface area contributed by atoms with Crippen molar-refractivity contribution in [2.24, 2.45) is 18.4 Å². The summed E-state index contributed by atoms with van der Waals surface area (Å²) in [6.45, 7) is 12.1. The third kappa shape index (κ3) is 4.02. The fourth-order valence-corrected chi connectivity index (χ4v) is 2.76. The Balaban J connectivity index is 2.91. The molecule has 22 heavy (non-hydrogen) atoms. The van der Waals surface area contributed by atoms with Crippen LogP contribution in [0.2, 0.25) is 5.15 Å². The number of aromatic nitrogens is 2. The van der Waals surface area contributed by atoms with Gasteiger partial charge in [-0.05, 0) is 11.8 Å². The molecular weight excluding hydrogens is 302 g/mol. The van der Waals surface area contributed by atoms with E-state index in [1.165, 1.54) is 4.68 Å². The van der Waals surface area contributed by atoms with E-state index in [1.54, 1.807) is 7.05 Å². The van der Waals surface area contributed by atoms with Gasteiger partial charge in [0.2, 0.25) is 0 Å². The van der Waals surface area contributed by atoms with Crippen molar-refractivity contribution in [2.75, 3.05) is 6.54 Å². The molecule has 0 fully saturated rings. The Morgan fingerprint density at radius 2 is 1.91 bits per heavy atom. The number of aryl methyl sites for hydroxylation is 1. The number of halogens is 1. The first kappa shape index (κ1) is 19.0. The number of carbonyl (C=O) groups is 1. The zero-order valence-corrected chi connectivity index (χ0v) is 15.3. The normalized spacial score (nSPS) is 13.8. The summed E-state index contributed by atoms with van der Waals surface area (Å²) in [6, 6.07) is 0. The van der Waals surface area contributed by atoms with E-state index < -0.39 is 11.5 Å². The van der Waals surface area contributed by atoms with E-state index in [1.807, 2.05) is 41.5 Å². The highest BCUT2D eigenvalue weighted by molar-refractivity contribution is 6.33. The van der Waals surface area contributed by atoms with Crippen molar-refractivity contribution >= 4 is 17.5 Å². The summed E-state index contributed by atoms with van der Waals surface area (Å²) in [6.07, 6.45) is -0.498. The summed E-state index contributed by atoms with van der Waals surface area (Å²) in [5, 5.41) is 17.8. The van der Waals surface area contributed by atoms with E-state index in [2.05, 4.69) is 10.4 Å². The molecule has 6 heteroatoms. The molecule has 1 unspecified atom stereocenters. The van der Waals surface area contributed by atoms with Gasteiger partial charge in [0.05, 0.1) is 17.4 Å². The Labute approximate surface area is 138 Å². The quantitative estimate of drug-likeness (QED) is 0.843. The number of carbonyl (C=O) groups excluding carboxylic acids is 1. The molecule has 5 nitrogen and oxygen atoms in total. The van der Waals surface area contributed by atoms with Crippen molar-refractivity contribution in [3.63, 3.8) is 0 Å². The highest BCUT2D eigenvalue weighted by Gasteiger charge is 2.31. The van der Waals surface area contributed by atoms with Crippen LogP contribution in [0.4, 0.5) is 0 Å². The second kappa shape index (κ2) is 7.01. The lowest BCUT2D eigenvalue weighted by Crippen LogP contribution is -2.43. The zero-order chi connectivity index (χ0) is 17.2. The number of nitrogens with zero attached hydrogens (tertiary/aromatic N) is 2. The van der Waals surface area contributed by atoms with Crippen molar-refractivity contribution in [3.05, 3.63) is 16.4 Å². The average molecular weight is 330 g/mol. The molecular formula is C16H28ClN3O2. The van der Waals surface area contributed by atoms with Gasteiger partial charge >= 0.3 is 0 Å². The van der Waals surface area contributed by atoms with Gasteiger partial charge in [-0.2, -0.15) is 5.10 Å². The molecule has 0 saturated carbocycles. The van der Waals surface area contributed by atoms with Crippen LogP contribution in [0.5, 0.6) is 0 Å². The molecule has 0 radical (unpaired) electrons. The molecule has 1 heterocycles. The topological polar surface area (TPSA) is 67.2 Å². The summed E-state index contributed by atoms with van der Waals surface area (Å²) in [5.41, 5.74) is 0.692. The van der Waals surface area contributed by atoms with Crippen LogP contribution in [0.15, 0.2) is 0 Å². The van der Waals surface area contributed by atoms with Crippen LogP contribution in [0, 0.1) is 11.3 Å². The predicted molar refractivity (Wildman–Crippen MR) is 89.3 cm³/mol. The number of aliphatic hydroxyl groups is 1. The average Bonchev–Trinajstić information content (AvgIpc) is 2.71. The molecule has 0 spiro atoms. The molecule has 0 aliphatic rings. The van der Waals surface area contributed by atoms with E-state index >= 15 is 0 Å². The largest absolute Gasteiger partial charge is 0.392 e. The van der Waals surface area contributed by atoms with Crippen LogP contribution in [0.1, 0.15) is 63.5 Å². The van der Waals surface area contributed by atoms with Gasteiger partial charge in [-0.1, -0.05) is 53.1 Å². The maximum atomic E-state index is 12.5. The number of nitrogens with one attached hydrogen (secondary N) is 1. The molecule has 1 aromatic heterocycles. The molecule has 1 aromatic rings. The van der Waals surface area contributed by atoms with Crippen molar-refractivity contribution in [1.82, 2.24) is 15.1 Å². The Bertz CT molecular complexity index is 536. The fraction of sp³-hybridized carbons (Fsp3) is 0.750. The van der Waals surface area contributed by atoms with Gasteiger partial charge in [-0.3, -0.25) is 9.48 Å². The number of hydrogen-bond acceptors (Lipinski definition) is 3. The molecule has 2 N–H and O–H groups in total. The van der Waals surface area contributed by atoms with Crippen molar-refractivity contribution in [2.45, 2.75) is 53.6 Å². The van der Waals surface area contributed by atoms with Gasteiger partial charge in [-0.25, -0.2) is 0 Å². The van der Waals surface area contributed by atoms with Crippen LogP contribution < -0.4 is 5.32 Å². The van der Waals surface area contributed by atoms with E-state index in [-0.39, 0.29) is 17.7 Å². The lowest BCUT2D eigenvalue weighted by Gasteiger charge is -2.33. The smallest absolute Gasteiger partial charge is 0.256 e. The van der Waals surface area contributed by atoms with E-state index in [9.17, 15) is 9.90 Å². The highest BCUT2D eigenvalue weighted by Crippen LogP contribution is 2.27. The van der Waals surface area contributed by atoms with Crippen LogP contribution >= 0.6 is 11.6 Å². The Kier molecular flexibility index (Phi) is 6.04. The maximum absolute atomic E-state index is 12.5. The third-order valence-corrected chi connectivity index (χ3v) is 4.35. The van der Waals surface area contributed by atoms with Crippen molar-refractivity contribution in [1.29, 1.82) is 0 Å². The molecule has 1 atom stereocenters. The van der Waals surface area contributed by atoms with E-state index in [0.29, 0.717) is 23.0 Å². The van der Waals surface area contributed by atoms with Crippen LogP contribution in [0.3, 0.4) is 0 Å². The van der Waals surface area contributed by atoms with Crippen LogP contribution in [-0.4, -0.2) is 33.4 Å². The minimum absolute atomic E-state index is 0.105. The van der Waals surface area contributed by atoms with Gasteiger partial charge in [0.25, 0.3) is 5.91 Å². The zero-order valence-electron chi connectivity index (χ0n) is 14.6. The third-order valence-electron chi connectivity index (χ3n) is 3.91. The van der Waals surface area contributed by atoms with Crippen LogP contribution in [-0.2, 0) is 7.05 Å². The Morgan fingerprint density at radius 3 is 2.36 bits per heavy atom. The second-order valence-corrected chi connectivity index (χ2v) is 7.55. The first-order valence-electron chi connectivity index (χ1n) is 7.67. The van der Waals surface area contributed by atoms with Gasteiger partial charge in [0.1, 0.15) is 5.15 Å². The van der Waals surface area contributed by atoms with Gasteiger partial charge in [0.15, 0.2) is 0 Å². The Morgan fingerprint density at radius 1 is 1.36 bits per heavy atom. The summed E-state index contributed by atoms with van der Waals surface area (Å²) < 4.78 is 1.51. The number of hydrogen-bond donors (Lipinski definition) is 2. The predicted octanol–water partition coefficient (Wildman–Crippen LogP) is 2.97. The van der Waals surface area contributed by atoms with Gasteiger partial charge in [-0.15, -0.1) is 0 Å². The van der Waals surface area contributed by atoms with E-state index in [0.717, 1.165) is 0 Å². The van der Waals surface area contributed by atoms with Gasteiger partial charge in [0, 0.05) is 19.0 Å². The number of rotatable bonds is 6. The summed E-state index contributed by atoms with van der Waals surface area (Å²) in [5.74, 6) is -0.0142. The maximum Gasteiger partial charge on any atom is 0.256 e. The minimum atomic E-state index is -0.498. The second-order valence-electron chi connectivity index (χ2n) is 7.19. The van der Waals surface area contributed by atoms with Crippen molar-refractivity contribution < 1.29 is 9.90 Å². The molecule has 1 amide bonds. The monoisotopic (exact) mass is 329 g/mol. The molecule has 0 bridgehead atoms. The van der Waals surface area contributed by atoms with E-state index in [4.69, 9.17) is 11.6 Å².